The minimum Gasteiger partial charge on any atom is -0.480 e. The van der Waals surface area contributed by atoms with Gasteiger partial charge in [0.25, 0.3) is 0 Å². The average Bonchev–Trinajstić information content (AvgIpc) is 2.66. The first-order valence-electron chi connectivity index (χ1n) is 9.46. The molecule has 0 heterocycles. The number of aliphatic imine (C=N–C) groups is 1. The lowest BCUT2D eigenvalue weighted by atomic mass is 10.0. The molecule has 12 nitrogen and oxygen atoms in total. The molecule has 4 atom stereocenters. The fourth-order valence-corrected chi connectivity index (χ4v) is 2.47. The maximum atomic E-state index is 12.6. The molecule has 0 saturated heterocycles. The molecule has 0 radical (unpaired) electrons. The molecule has 0 aliphatic heterocycles. The van der Waals surface area contributed by atoms with Crippen molar-refractivity contribution in [3.05, 3.63) is 0 Å². The van der Waals surface area contributed by atoms with Crippen LogP contribution in [0.1, 0.15) is 33.6 Å². The Balaban J connectivity index is 5.09. The Morgan fingerprint density at radius 1 is 1.00 bits per heavy atom. The third-order valence-corrected chi connectivity index (χ3v) is 4.49. The maximum Gasteiger partial charge on any atom is 0.326 e. The summed E-state index contributed by atoms with van der Waals surface area (Å²) < 4.78 is 0. The van der Waals surface area contributed by atoms with Gasteiger partial charge in [-0.15, -0.1) is 0 Å². The predicted octanol–water partition coefficient (Wildman–Crippen LogP) is -2.49. The Hall–Kier alpha value is -2.54. The minimum absolute atomic E-state index is 0.0821. The molecule has 0 rings (SSSR count). The summed E-state index contributed by atoms with van der Waals surface area (Å²) in [6.07, 6.45) is 0.563. The van der Waals surface area contributed by atoms with Crippen LogP contribution in [0, 0.1) is 5.92 Å². The summed E-state index contributed by atoms with van der Waals surface area (Å²) >= 11 is 3.95. The van der Waals surface area contributed by atoms with E-state index < -0.39 is 47.9 Å². The van der Waals surface area contributed by atoms with E-state index in [4.69, 9.17) is 17.2 Å². The molecule has 3 amide bonds. The average molecular weight is 448 g/mol. The van der Waals surface area contributed by atoms with Crippen molar-refractivity contribution in [2.75, 3.05) is 12.3 Å². The highest BCUT2D eigenvalue weighted by Gasteiger charge is 2.29. The molecular weight excluding hydrogens is 414 g/mol. The summed E-state index contributed by atoms with van der Waals surface area (Å²) in [6, 6.07) is -4.04. The lowest BCUT2D eigenvalue weighted by molar-refractivity contribution is -0.143. The van der Waals surface area contributed by atoms with Gasteiger partial charge in [-0.1, -0.05) is 13.8 Å². The molecule has 30 heavy (non-hydrogen) atoms. The number of nitrogens with one attached hydrogen (secondary N) is 3. The van der Waals surface area contributed by atoms with Crippen molar-refractivity contribution in [2.45, 2.75) is 57.8 Å². The zero-order valence-corrected chi connectivity index (χ0v) is 18.3. The smallest absolute Gasteiger partial charge is 0.326 e. The van der Waals surface area contributed by atoms with Gasteiger partial charge in [-0.25, -0.2) is 4.79 Å². The van der Waals surface area contributed by atoms with Gasteiger partial charge in [0.15, 0.2) is 5.96 Å². The first kappa shape index (κ1) is 27.5. The van der Waals surface area contributed by atoms with E-state index in [1.807, 2.05) is 0 Å². The quantitative estimate of drug-likeness (QED) is 0.0652. The van der Waals surface area contributed by atoms with Crippen molar-refractivity contribution in [3.8, 4) is 0 Å². The number of guanidine groups is 1. The number of amides is 3. The van der Waals surface area contributed by atoms with Gasteiger partial charge in [-0.2, -0.15) is 12.6 Å². The van der Waals surface area contributed by atoms with Gasteiger partial charge < -0.3 is 38.3 Å². The molecule has 0 fully saturated rings. The van der Waals surface area contributed by atoms with Crippen LogP contribution in [0.25, 0.3) is 0 Å². The van der Waals surface area contributed by atoms with Gasteiger partial charge in [-0.3, -0.25) is 19.4 Å². The van der Waals surface area contributed by atoms with Crippen LogP contribution in [0.5, 0.6) is 0 Å². The molecule has 0 aliphatic rings. The number of thiol groups is 1. The fourth-order valence-electron chi connectivity index (χ4n) is 2.31. The highest BCUT2D eigenvalue weighted by Crippen LogP contribution is 2.04. The van der Waals surface area contributed by atoms with E-state index in [1.54, 1.807) is 13.8 Å². The molecule has 0 aromatic heterocycles. The summed E-state index contributed by atoms with van der Waals surface area (Å²) in [5.74, 6) is -3.41. The number of hydrogen-bond acceptors (Lipinski definition) is 7. The normalized spacial score (nSPS) is 14.7. The summed E-state index contributed by atoms with van der Waals surface area (Å²) in [5, 5.41) is 16.5. The number of carboxylic acids is 1. The number of carbonyl (C=O) groups excluding carboxylic acids is 3. The van der Waals surface area contributed by atoms with Gasteiger partial charge >= 0.3 is 5.97 Å². The van der Waals surface area contributed by atoms with Crippen LogP contribution in [-0.4, -0.2) is 71.2 Å². The maximum absolute atomic E-state index is 12.6. The zero-order chi connectivity index (χ0) is 23.4. The van der Waals surface area contributed by atoms with Crippen LogP contribution >= 0.6 is 12.6 Å². The zero-order valence-electron chi connectivity index (χ0n) is 17.4. The molecule has 0 aromatic carbocycles. The number of rotatable bonds is 13. The lowest BCUT2D eigenvalue weighted by Crippen LogP contribution is -2.57. The molecule has 4 unspecified atom stereocenters. The third kappa shape index (κ3) is 10.3. The van der Waals surface area contributed by atoms with E-state index in [0.717, 1.165) is 0 Å². The summed E-state index contributed by atoms with van der Waals surface area (Å²) in [5.41, 5.74) is 16.1. The SMILES string of the molecule is CC(NC(=O)C(CCCN=C(N)N)NC(=O)C(N)CS)C(=O)NC(C(=O)O)C(C)C. The van der Waals surface area contributed by atoms with Crippen molar-refractivity contribution >= 4 is 42.3 Å². The molecule has 172 valence electrons. The summed E-state index contributed by atoms with van der Waals surface area (Å²) in [6.45, 7) is 4.94. The van der Waals surface area contributed by atoms with E-state index in [0.29, 0.717) is 6.42 Å². The number of hydrogen-bond donors (Lipinski definition) is 8. The number of carboxylic acid groups (broad SMARTS) is 1. The Labute approximate surface area is 181 Å². The van der Waals surface area contributed by atoms with E-state index in [-0.39, 0.29) is 30.6 Å². The lowest BCUT2D eigenvalue weighted by Gasteiger charge is -2.24. The topological polar surface area (TPSA) is 215 Å². The van der Waals surface area contributed by atoms with E-state index in [9.17, 15) is 24.3 Å². The molecule has 13 heteroatoms. The highest BCUT2D eigenvalue weighted by atomic mass is 32.1. The van der Waals surface area contributed by atoms with Crippen molar-refractivity contribution in [1.82, 2.24) is 16.0 Å². The van der Waals surface area contributed by atoms with Gasteiger partial charge in [0.1, 0.15) is 18.1 Å². The molecule has 0 aromatic rings. The minimum atomic E-state index is -1.18. The molecule has 0 bridgehead atoms. The largest absolute Gasteiger partial charge is 0.480 e. The summed E-state index contributed by atoms with van der Waals surface area (Å²) in [4.78, 5) is 52.0. The van der Waals surface area contributed by atoms with Crippen molar-refractivity contribution < 1.29 is 24.3 Å². The second-order valence-corrected chi connectivity index (χ2v) is 7.46. The van der Waals surface area contributed by atoms with E-state index in [2.05, 4.69) is 33.6 Å². The Morgan fingerprint density at radius 2 is 1.60 bits per heavy atom. The van der Waals surface area contributed by atoms with Gasteiger partial charge in [0.2, 0.25) is 17.7 Å². The van der Waals surface area contributed by atoms with E-state index >= 15 is 0 Å². The fraction of sp³-hybridized carbons (Fsp3) is 0.706. The number of nitrogens with two attached hydrogens (primary N) is 3. The number of carbonyl (C=O) groups is 4. The van der Waals surface area contributed by atoms with Gasteiger partial charge in [-0.05, 0) is 25.7 Å². The second-order valence-electron chi connectivity index (χ2n) is 7.10. The van der Waals surface area contributed by atoms with Crippen LogP contribution in [0.15, 0.2) is 4.99 Å². The monoisotopic (exact) mass is 447 g/mol. The van der Waals surface area contributed by atoms with Crippen LogP contribution in [0.2, 0.25) is 0 Å². The van der Waals surface area contributed by atoms with Crippen LogP contribution < -0.4 is 33.2 Å². The number of aliphatic carboxylic acids is 1. The molecule has 0 spiro atoms. The Bertz CT molecular complexity index is 640. The van der Waals surface area contributed by atoms with E-state index in [1.165, 1.54) is 6.92 Å². The second kappa shape index (κ2) is 13.6. The molecule has 0 aliphatic carbocycles. The van der Waals surface area contributed by atoms with Crippen LogP contribution in [0.3, 0.4) is 0 Å². The van der Waals surface area contributed by atoms with Gasteiger partial charge in [0.05, 0.1) is 6.04 Å². The van der Waals surface area contributed by atoms with Gasteiger partial charge in [0, 0.05) is 12.3 Å². The third-order valence-electron chi connectivity index (χ3n) is 4.09. The van der Waals surface area contributed by atoms with Crippen molar-refractivity contribution in [3.63, 3.8) is 0 Å². The predicted molar refractivity (Wildman–Crippen MR) is 116 cm³/mol. The standard InChI is InChI=1S/C17H33N7O5S/c1-8(2)12(16(28)29)24-13(25)9(3)22-15(27)11(5-4-6-21-17(19)20)23-14(26)10(18)7-30/h8-12,30H,4-7,18H2,1-3H3,(H,22,27)(H,23,26)(H,24,25)(H,28,29)(H4,19,20,21). The Morgan fingerprint density at radius 3 is 2.07 bits per heavy atom. The van der Waals surface area contributed by atoms with Crippen molar-refractivity contribution in [1.29, 1.82) is 0 Å². The summed E-state index contributed by atoms with van der Waals surface area (Å²) in [7, 11) is 0. The number of nitrogens with zero attached hydrogens (tertiary/aromatic N) is 1. The Kier molecular flexibility index (Phi) is 12.5. The first-order valence-corrected chi connectivity index (χ1v) is 10.1. The molecular formula is C17H33N7O5S. The van der Waals surface area contributed by atoms with Crippen molar-refractivity contribution in [2.24, 2.45) is 28.1 Å². The first-order chi connectivity index (χ1) is 13.9. The van der Waals surface area contributed by atoms with Crippen LogP contribution in [0.4, 0.5) is 0 Å². The van der Waals surface area contributed by atoms with Crippen LogP contribution in [-0.2, 0) is 19.2 Å². The molecule has 10 N–H and O–H groups in total. The highest BCUT2D eigenvalue weighted by molar-refractivity contribution is 7.80. The molecule has 0 saturated carbocycles.